The average Bonchev–Trinajstić information content (AvgIpc) is 2.64. The van der Waals surface area contributed by atoms with Crippen LogP contribution in [0.3, 0.4) is 0 Å². The van der Waals surface area contributed by atoms with Crippen molar-refractivity contribution in [2.45, 2.75) is 114 Å². The monoisotopic (exact) mass is 500 g/mol. The van der Waals surface area contributed by atoms with Crippen molar-refractivity contribution >= 4 is 23.9 Å². The van der Waals surface area contributed by atoms with Crippen LogP contribution in [0.5, 0.6) is 0 Å². The van der Waals surface area contributed by atoms with Crippen LogP contribution in [0.2, 0.25) is 0 Å². The highest BCUT2D eigenvalue weighted by atomic mass is 16.7. The van der Waals surface area contributed by atoms with E-state index in [0.717, 1.165) is 0 Å². The average molecular weight is 501 g/mol. The summed E-state index contributed by atoms with van der Waals surface area (Å²) in [5.74, 6) is -2.06. The first-order chi connectivity index (χ1) is 15.5. The zero-order valence-corrected chi connectivity index (χ0v) is 23.4. The fourth-order valence-electron chi connectivity index (χ4n) is 2.65. The molecule has 1 rings (SSSR count). The Balaban J connectivity index is 3.34. The lowest BCUT2D eigenvalue weighted by molar-refractivity contribution is -0.267. The molecule has 9 heteroatoms. The molecule has 0 N–H and O–H groups in total. The van der Waals surface area contributed by atoms with E-state index in [9.17, 15) is 19.2 Å². The van der Waals surface area contributed by atoms with Gasteiger partial charge in [0.05, 0.1) is 28.1 Å². The van der Waals surface area contributed by atoms with Crippen molar-refractivity contribution in [3.8, 4) is 0 Å². The predicted molar refractivity (Wildman–Crippen MR) is 128 cm³/mol. The van der Waals surface area contributed by atoms with Gasteiger partial charge in [-0.2, -0.15) is 0 Å². The lowest BCUT2D eigenvalue weighted by Crippen LogP contribution is -2.56. The first kappa shape index (κ1) is 30.9. The second-order valence-electron chi connectivity index (χ2n) is 13.2. The molecule has 2 unspecified atom stereocenters. The van der Waals surface area contributed by atoms with Crippen molar-refractivity contribution in [3.63, 3.8) is 0 Å². The van der Waals surface area contributed by atoms with E-state index in [1.807, 2.05) is 0 Å². The largest absolute Gasteiger partial charge is 0.462 e. The van der Waals surface area contributed by atoms with Gasteiger partial charge in [-0.25, -0.2) is 0 Å². The molecule has 0 aromatic heterocycles. The molecule has 9 nitrogen and oxygen atoms in total. The highest BCUT2D eigenvalue weighted by Gasteiger charge is 2.48. The van der Waals surface area contributed by atoms with Gasteiger partial charge in [0.1, 0.15) is 18.8 Å². The summed E-state index contributed by atoms with van der Waals surface area (Å²) in [6.45, 7) is 20.1. The van der Waals surface area contributed by atoms with Gasteiger partial charge in [0.15, 0.2) is 6.10 Å². The molecule has 1 fully saturated rings. The molecule has 35 heavy (non-hydrogen) atoms. The van der Waals surface area contributed by atoms with Crippen LogP contribution in [0.25, 0.3) is 0 Å². The molecule has 4 atom stereocenters. The van der Waals surface area contributed by atoms with E-state index in [4.69, 9.17) is 23.7 Å². The Morgan fingerprint density at radius 2 is 1.03 bits per heavy atom. The number of rotatable bonds is 5. The molecule has 1 aliphatic heterocycles. The van der Waals surface area contributed by atoms with Gasteiger partial charge in [0.2, 0.25) is 6.29 Å². The Morgan fingerprint density at radius 1 is 0.629 bits per heavy atom. The van der Waals surface area contributed by atoms with Gasteiger partial charge in [-0.1, -0.05) is 0 Å². The number of esters is 4. The fraction of sp³-hybridized carbons (Fsp3) is 0.846. The van der Waals surface area contributed by atoms with E-state index in [1.54, 1.807) is 83.1 Å². The molecule has 0 aromatic rings. The molecule has 1 heterocycles. The lowest BCUT2D eigenvalue weighted by atomic mass is 9.94. The van der Waals surface area contributed by atoms with Crippen molar-refractivity contribution in [2.75, 3.05) is 6.61 Å². The molecular formula is C26H44O9. The van der Waals surface area contributed by atoms with E-state index in [2.05, 4.69) is 0 Å². The van der Waals surface area contributed by atoms with Crippen LogP contribution in [0.4, 0.5) is 0 Å². The molecule has 1 saturated heterocycles. The molecule has 202 valence electrons. The maximum Gasteiger partial charge on any atom is 0.313 e. The normalized spacial score (nSPS) is 23.8. The highest BCUT2D eigenvalue weighted by molar-refractivity contribution is 5.77. The Bertz CT molecular complexity index is 788. The molecular weight excluding hydrogens is 456 g/mol. The fourth-order valence-corrected chi connectivity index (χ4v) is 2.65. The third-order valence-corrected chi connectivity index (χ3v) is 5.05. The number of carbonyl (C=O) groups is 4. The second kappa shape index (κ2) is 10.8. The maximum absolute atomic E-state index is 12.8. The SMILES string of the molecule is CC(C)(C)C(=O)OCC1OC(OC(=O)C(C)(C)C)C[C@H](OC(=O)C(C)(C)C)[C@@H]1OC(=O)C(C)(C)C. The van der Waals surface area contributed by atoms with Gasteiger partial charge in [-0.15, -0.1) is 0 Å². The minimum Gasteiger partial charge on any atom is -0.462 e. The Labute approximate surface area is 209 Å². The van der Waals surface area contributed by atoms with Crippen molar-refractivity contribution in [3.05, 3.63) is 0 Å². The summed E-state index contributed by atoms with van der Waals surface area (Å²) in [6.07, 6.45) is -4.24. The summed E-state index contributed by atoms with van der Waals surface area (Å²) < 4.78 is 28.5. The first-order valence-electron chi connectivity index (χ1n) is 12.0. The molecule has 0 radical (unpaired) electrons. The number of hydrogen-bond donors (Lipinski definition) is 0. The van der Waals surface area contributed by atoms with E-state index >= 15 is 0 Å². The van der Waals surface area contributed by atoms with Crippen LogP contribution in [0.15, 0.2) is 0 Å². The molecule has 0 aliphatic carbocycles. The number of ether oxygens (including phenoxy) is 5. The molecule has 0 spiro atoms. The molecule has 0 aromatic carbocycles. The summed E-state index contributed by atoms with van der Waals surface area (Å²) in [5.41, 5.74) is -3.25. The smallest absolute Gasteiger partial charge is 0.313 e. The van der Waals surface area contributed by atoms with E-state index in [1.165, 1.54) is 0 Å². The van der Waals surface area contributed by atoms with Gasteiger partial charge < -0.3 is 23.7 Å². The van der Waals surface area contributed by atoms with Crippen LogP contribution in [-0.2, 0) is 42.9 Å². The first-order valence-corrected chi connectivity index (χ1v) is 12.0. The minimum atomic E-state index is -1.09. The Hall–Kier alpha value is -2.16. The summed E-state index contributed by atoms with van der Waals surface area (Å²) in [4.78, 5) is 50.5. The third kappa shape index (κ3) is 9.43. The summed E-state index contributed by atoms with van der Waals surface area (Å²) >= 11 is 0. The van der Waals surface area contributed by atoms with Crippen LogP contribution < -0.4 is 0 Å². The Kier molecular flexibility index (Phi) is 9.57. The van der Waals surface area contributed by atoms with Crippen molar-refractivity contribution in [2.24, 2.45) is 21.7 Å². The van der Waals surface area contributed by atoms with E-state index in [-0.39, 0.29) is 13.0 Å². The Morgan fingerprint density at radius 3 is 1.46 bits per heavy atom. The van der Waals surface area contributed by atoms with Gasteiger partial charge in [-0.05, 0) is 83.1 Å². The molecule has 0 amide bonds. The maximum atomic E-state index is 12.8. The second-order valence-corrected chi connectivity index (χ2v) is 13.2. The van der Waals surface area contributed by atoms with Crippen molar-refractivity contribution in [1.29, 1.82) is 0 Å². The van der Waals surface area contributed by atoms with Gasteiger partial charge in [0.25, 0.3) is 0 Å². The zero-order valence-electron chi connectivity index (χ0n) is 23.4. The van der Waals surface area contributed by atoms with Crippen LogP contribution >= 0.6 is 0 Å². The highest BCUT2D eigenvalue weighted by Crippen LogP contribution is 2.32. The van der Waals surface area contributed by atoms with Crippen molar-refractivity contribution < 1.29 is 42.9 Å². The summed E-state index contributed by atoms with van der Waals surface area (Å²) in [5, 5.41) is 0. The van der Waals surface area contributed by atoms with Crippen LogP contribution in [0.1, 0.15) is 89.5 Å². The third-order valence-electron chi connectivity index (χ3n) is 5.05. The van der Waals surface area contributed by atoms with Gasteiger partial charge in [0, 0.05) is 0 Å². The van der Waals surface area contributed by atoms with Gasteiger partial charge in [-0.3, -0.25) is 19.2 Å². The zero-order chi connectivity index (χ0) is 27.6. The standard InChI is InChI=1S/C26H44O9/c1-23(2,3)19(27)31-14-16-18(35-22(30)26(10,11)12)15(33-20(28)24(4,5)6)13-17(32-16)34-21(29)25(7,8)9/h15-18H,13-14H2,1-12H3/t15-,16?,17?,18-/m0/s1. The minimum absolute atomic E-state index is 0.0462. The van der Waals surface area contributed by atoms with Crippen molar-refractivity contribution in [1.82, 2.24) is 0 Å². The lowest BCUT2D eigenvalue weighted by Gasteiger charge is -2.41. The number of hydrogen-bond acceptors (Lipinski definition) is 9. The van der Waals surface area contributed by atoms with Gasteiger partial charge >= 0.3 is 23.9 Å². The van der Waals surface area contributed by atoms with E-state index in [0.29, 0.717) is 0 Å². The van der Waals surface area contributed by atoms with Crippen LogP contribution in [-0.4, -0.2) is 55.1 Å². The molecule has 1 aliphatic rings. The quantitative estimate of drug-likeness (QED) is 0.405. The number of carbonyl (C=O) groups excluding carboxylic acids is 4. The summed E-state index contributed by atoms with van der Waals surface area (Å²) in [6, 6.07) is 0. The molecule has 0 saturated carbocycles. The molecule has 0 bridgehead atoms. The predicted octanol–water partition coefficient (Wildman–Crippen LogP) is 4.20. The van der Waals surface area contributed by atoms with Crippen LogP contribution in [0, 0.1) is 21.7 Å². The topological polar surface area (TPSA) is 114 Å². The summed E-state index contributed by atoms with van der Waals surface area (Å²) in [7, 11) is 0. The van der Waals surface area contributed by atoms with E-state index < -0.39 is 70.1 Å².